The van der Waals surface area contributed by atoms with Crippen molar-refractivity contribution in [1.29, 1.82) is 0 Å². The van der Waals surface area contributed by atoms with E-state index in [-0.39, 0.29) is 12.1 Å². The van der Waals surface area contributed by atoms with Gasteiger partial charge in [0, 0.05) is 6.04 Å². The Balaban J connectivity index is 2.73. The number of hydrogen-bond acceptors (Lipinski definition) is 2. The molecule has 0 aliphatic carbocycles. The maximum Gasteiger partial charge on any atom is 0.238 e. The molecule has 1 saturated heterocycles. The maximum atomic E-state index is 11.8. The molecule has 3 heteroatoms. The predicted octanol–water partition coefficient (Wildman–Crippen LogP) is 1.98. The van der Waals surface area contributed by atoms with Crippen molar-refractivity contribution in [2.45, 2.75) is 59.2 Å². The van der Waals surface area contributed by atoms with Crippen molar-refractivity contribution < 1.29 is 4.79 Å². The van der Waals surface area contributed by atoms with Gasteiger partial charge in [0.15, 0.2) is 0 Å². The van der Waals surface area contributed by atoms with Gasteiger partial charge in [0.05, 0.1) is 12.7 Å². The van der Waals surface area contributed by atoms with Gasteiger partial charge in [-0.25, -0.2) is 0 Å². The van der Waals surface area contributed by atoms with Crippen LogP contribution in [0.4, 0.5) is 0 Å². The largest absolute Gasteiger partial charge is 0.323 e. The first kappa shape index (κ1) is 12.5. The Kier molecular flexibility index (Phi) is 4.58. The van der Waals surface area contributed by atoms with Gasteiger partial charge in [0.2, 0.25) is 5.91 Å². The summed E-state index contributed by atoms with van der Waals surface area (Å²) < 4.78 is 0. The van der Waals surface area contributed by atoms with E-state index in [2.05, 4.69) is 37.9 Å². The van der Waals surface area contributed by atoms with Crippen LogP contribution in [0.15, 0.2) is 0 Å². The van der Waals surface area contributed by atoms with E-state index in [9.17, 15) is 4.79 Å². The summed E-state index contributed by atoms with van der Waals surface area (Å²) in [7, 11) is 0. The van der Waals surface area contributed by atoms with Crippen molar-refractivity contribution in [3.8, 4) is 0 Å². The summed E-state index contributed by atoms with van der Waals surface area (Å²) in [5.74, 6) is 0.812. The van der Waals surface area contributed by atoms with E-state index in [0.717, 1.165) is 19.3 Å². The zero-order chi connectivity index (χ0) is 11.4. The van der Waals surface area contributed by atoms with Crippen LogP contribution in [0.1, 0.15) is 47.0 Å². The van der Waals surface area contributed by atoms with E-state index in [1.165, 1.54) is 0 Å². The van der Waals surface area contributed by atoms with Crippen LogP contribution in [0, 0.1) is 5.92 Å². The summed E-state index contributed by atoms with van der Waals surface area (Å²) in [5, 5.41) is 3.30. The fraction of sp³-hybridized carbons (Fsp3) is 0.917. The van der Waals surface area contributed by atoms with E-state index in [0.29, 0.717) is 18.5 Å². The van der Waals surface area contributed by atoms with Gasteiger partial charge < -0.3 is 4.90 Å². The summed E-state index contributed by atoms with van der Waals surface area (Å²) in [5.41, 5.74) is 0. The molecule has 0 spiro atoms. The molecule has 1 aliphatic rings. The summed E-state index contributed by atoms with van der Waals surface area (Å²) in [4.78, 5) is 13.9. The molecule has 0 saturated carbocycles. The lowest BCUT2D eigenvalue weighted by Crippen LogP contribution is -2.46. The molecule has 1 aliphatic heterocycles. The quantitative estimate of drug-likeness (QED) is 0.755. The number of carbonyl (C=O) groups excluding carboxylic acids is 1. The van der Waals surface area contributed by atoms with Crippen molar-refractivity contribution in [3.05, 3.63) is 0 Å². The molecule has 2 atom stereocenters. The van der Waals surface area contributed by atoms with Crippen molar-refractivity contribution in [2.75, 3.05) is 6.54 Å². The minimum atomic E-state index is 0.272. The molecule has 0 aromatic carbocycles. The van der Waals surface area contributed by atoms with Crippen LogP contribution in [0.3, 0.4) is 0 Å². The van der Waals surface area contributed by atoms with Gasteiger partial charge in [-0.05, 0) is 18.8 Å². The maximum absolute atomic E-state index is 11.8. The van der Waals surface area contributed by atoms with Crippen LogP contribution >= 0.6 is 0 Å². The Hall–Kier alpha value is -0.570. The molecule has 0 aromatic heterocycles. The van der Waals surface area contributed by atoms with Crippen molar-refractivity contribution >= 4 is 5.91 Å². The van der Waals surface area contributed by atoms with E-state index >= 15 is 0 Å². The van der Waals surface area contributed by atoms with Gasteiger partial charge in [0.25, 0.3) is 0 Å². The number of rotatable bonds is 5. The molecule has 0 radical (unpaired) electrons. The molecule has 3 nitrogen and oxygen atoms in total. The number of nitrogens with zero attached hydrogens (tertiary/aromatic N) is 1. The van der Waals surface area contributed by atoms with Gasteiger partial charge in [0.1, 0.15) is 0 Å². The molecule has 0 bridgehead atoms. The second-order valence-electron chi connectivity index (χ2n) is 4.71. The highest BCUT2D eigenvalue weighted by Gasteiger charge is 2.35. The minimum Gasteiger partial charge on any atom is -0.323 e. The first-order valence-electron chi connectivity index (χ1n) is 6.16. The van der Waals surface area contributed by atoms with E-state index in [1.807, 2.05) is 0 Å². The number of nitrogens with one attached hydrogen (secondary N) is 1. The van der Waals surface area contributed by atoms with Gasteiger partial charge in [-0.15, -0.1) is 0 Å². The standard InChI is InChI=1S/C12H24N2O/c1-5-7-11-13-8-12(15)14(11)10(6-2)9(3)4/h9-11,13H,5-8H2,1-4H3. The summed E-state index contributed by atoms with van der Waals surface area (Å²) in [6.45, 7) is 9.25. The van der Waals surface area contributed by atoms with Crippen LogP contribution in [-0.2, 0) is 4.79 Å². The van der Waals surface area contributed by atoms with Gasteiger partial charge in [-0.2, -0.15) is 0 Å². The summed E-state index contributed by atoms with van der Waals surface area (Å²) in [6, 6.07) is 0.393. The average molecular weight is 212 g/mol. The zero-order valence-electron chi connectivity index (χ0n) is 10.4. The smallest absolute Gasteiger partial charge is 0.238 e. The second kappa shape index (κ2) is 5.50. The van der Waals surface area contributed by atoms with Gasteiger partial charge in [-0.3, -0.25) is 10.1 Å². The first-order chi connectivity index (χ1) is 7.11. The molecular formula is C12H24N2O. The van der Waals surface area contributed by atoms with Crippen LogP contribution in [0.2, 0.25) is 0 Å². The number of amides is 1. The molecule has 2 unspecified atom stereocenters. The highest BCUT2D eigenvalue weighted by molar-refractivity contribution is 5.81. The highest BCUT2D eigenvalue weighted by atomic mass is 16.2. The topological polar surface area (TPSA) is 32.3 Å². The molecule has 1 N–H and O–H groups in total. The SMILES string of the molecule is CCCC1NCC(=O)N1C(CC)C(C)C. The van der Waals surface area contributed by atoms with Crippen LogP contribution in [0.25, 0.3) is 0 Å². The lowest BCUT2D eigenvalue weighted by atomic mass is 9.99. The monoisotopic (exact) mass is 212 g/mol. The van der Waals surface area contributed by atoms with Crippen LogP contribution < -0.4 is 5.32 Å². The van der Waals surface area contributed by atoms with Crippen molar-refractivity contribution in [2.24, 2.45) is 5.92 Å². The minimum absolute atomic E-state index is 0.272. The van der Waals surface area contributed by atoms with Crippen LogP contribution in [0.5, 0.6) is 0 Å². The van der Waals surface area contributed by atoms with E-state index in [1.54, 1.807) is 0 Å². The molecule has 1 rings (SSSR count). The molecule has 88 valence electrons. The third-order valence-electron chi connectivity index (χ3n) is 3.22. The lowest BCUT2D eigenvalue weighted by molar-refractivity contribution is -0.131. The summed E-state index contributed by atoms with van der Waals surface area (Å²) in [6.07, 6.45) is 3.51. The Morgan fingerprint density at radius 1 is 1.47 bits per heavy atom. The molecule has 0 aromatic rings. The van der Waals surface area contributed by atoms with Gasteiger partial charge >= 0.3 is 0 Å². The third-order valence-corrected chi connectivity index (χ3v) is 3.22. The molecule has 1 amide bonds. The Labute approximate surface area is 93.2 Å². The lowest BCUT2D eigenvalue weighted by Gasteiger charge is -2.34. The Bertz CT molecular complexity index is 216. The predicted molar refractivity (Wildman–Crippen MR) is 62.5 cm³/mol. The fourth-order valence-corrected chi connectivity index (χ4v) is 2.49. The van der Waals surface area contributed by atoms with Crippen molar-refractivity contribution in [3.63, 3.8) is 0 Å². The third kappa shape index (κ3) is 2.71. The Morgan fingerprint density at radius 2 is 2.13 bits per heavy atom. The zero-order valence-corrected chi connectivity index (χ0v) is 10.4. The summed E-state index contributed by atoms with van der Waals surface area (Å²) >= 11 is 0. The Morgan fingerprint density at radius 3 is 2.60 bits per heavy atom. The molecule has 1 heterocycles. The molecular weight excluding hydrogens is 188 g/mol. The first-order valence-corrected chi connectivity index (χ1v) is 6.16. The highest BCUT2D eigenvalue weighted by Crippen LogP contribution is 2.21. The normalized spacial score (nSPS) is 23.9. The fourth-order valence-electron chi connectivity index (χ4n) is 2.49. The molecule has 15 heavy (non-hydrogen) atoms. The molecule has 1 fully saturated rings. The average Bonchev–Trinajstić information content (AvgIpc) is 2.51. The number of carbonyl (C=O) groups is 1. The number of hydrogen-bond donors (Lipinski definition) is 1. The second-order valence-corrected chi connectivity index (χ2v) is 4.71. The van der Waals surface area contributed by atoms with E-state index in [4.69, 9.17) is 0 Å². The van der Waals surface area contributed by atoms with Crippen molar-refractivity contribution in [1.82, 2.24) is 10.2 Å². The van der Waals surface area contributed by atoms with Gasteiger partial charge in [-0.1, -0.05) is 34.1 Å². The van der Waals surface area contributed by atoms with Crippen LogP contribution in [-0.4, -0.2) is 29.6 Å². The van der Waals surface area contributed by atoms with E-state index < -0.39 is 0 Å².